The van der Waals surface area contributed by atoms with Crippen LogP contribution in [0.2, 0.25) is 0 Å². The Morgan fingerprint density at radius 3 is 2.28 bits per heavy atom. The van der Waals surface area contributed by atoms with Crippen molar-refractivity contribution in [1.82, 2.24) is 9.55 Å². The van der Waals surface area contributed by atoms with Crippen LogP contribution in [-0.2, 0) is 0 Å². The second-order valence-electron chi connectivity index (χ2n) is 5.17. The van der Waals surface area contributed by atoms with Crippen LogP contribution in [0.25, 0.3) is 5.69 Å². The van der Waals surface area contributed by atoms with E-state index in [2.05, 4.69) is 20.9 Å². The van der Waals surface area contributed by atoms with E-state index in [1.807, 2.05) is 0 Å². The molecule has 3 nitrogen and oxygen atoms in total. The Kier molecular flexibility index (Phi) is 4.47. The second-order valence-corrected chi connectivity index (χ2v) is 5.88. The maximum Gasteiger partial charge on any atom is 0.214 e. The van der Waals surface area contributed by atoms with Gasteiger partial charge in [-0.25, -0.2) is 22.5 Å². The molecule has 0 bridgehead atoms. The third kappa shape index (κ3) is 2.97. The molecule has 3 rings (SSSR count). The maximum absolute atomic E-state index is 14.2. The van der Waals surface area contributed by atoms with Gasteiger partial charge < -0.3 is 0 Å². The van der Waals surface area contributed by atoms with E-state index in [0.717, 1.165) is 28.8 Å². The summed E-state index contributed by atoms with van der Waals surface area (Å²) in [7, 11) is 0. The molecule has 128 valence electrons. The van der Waals surface area contributed by atoms with Crippen LogP contribution in [0.4, 0.5) is 17.6 Å². The first-order valence-electron chi connectivity index (χ1n) is 7.00. The largest absolute Gasteiger partial charge is 0.287 e. The van der Waals surface area contributed by atoms with Crippen LogP contribution in [0.15, 0.2) is 41.1 Å². The van der Waals surface area contributed by atoms with Gasteiger partial charge >= 0.3 is 0 Å². The molecule has 0 amide bonds. The number of aryl methyl sites for hydroxylation is 1. The molecule has 0 saturated heterocycles. The van der Waals surface area contributed by atoms with E-state index in [0.29, 0.717) is 6.07 Å². The summed E-state index contributed by atoms with van der Waals surface area (Å²) >= 11 is 3.06. The average molecular weight is 413 g/mol. The Morgan fingerprint density at radius 2 is 1.68 bits per heavy atom. The van der Waals surface area contributed by atoms with Gasteiger partial charge in [-0.1, -0.05) is 6.07 Å². The van der Waals surface area contributed by atoms with Gasteiger partial charge in [0.05, 0.1) is 11.3 Å². The molecule has 0 spiro atoms. The number of hydrogen-bond donors (Lipinski definition) is 0. The molecule has 0 radical (unpaired) electrons. The van der Waals surface area contributed by atoms with E-state index < -0.39 is 40.3 Å². The number of carbonyl (C=O) groups is 1. The van der Waals surface area contributed by atoms with Gasteiger partial charge in [-0.2, -0.15) is 0 Å². The molecular weight excluding hydrogens is 404 g/mol. The predicted octanol–water partition coefficient (Wildman–Crippen LogP) is 4.73. The summed E-state index contributed by atoms with van der Waals surface area (Å²) in [6, 6.07) is 5.66. The van der Waals surface area contributed by atoms with Gasteiger partial charge in [-0.05, 0) is 47.1 Å². The zero-order chi connectivity index (χ0) is 18.3. The average Bonchev–Trinajstić information content (AvgIpc) is 2.81. The van der Waals surface area contributed by atoms with E-state index >= 15 is 0 Å². The highest BCUT2D eigenvalue weighted by Gasteiger charge is 2.27. The maximum atomic E-state index is 14.2. The third-order valence-electron chi connectivity index (χ3n) is 3.56. The highest BCUT2D eigenvalue weighted by atomic mass is 79.9. The van der Waals surface area contributed by atoms with E-state index in [4.69, 9.17) is 0 Å². The van der Waals surface area contributed by atoms with Crippen molar-refractivity contribution in [1.29, 1.82) is 0 Å². The Hall–Kier alpha value is -2.48. The number of carbonyl (C=O) groups excluding carboxylic acids is 1. The molecule has 0 aliphatic rings. The molecule has 1 aromatic heterocycles. The molecule has 0 atom stereocenters. The summed E-state index contributed by atoms with van der Waals surface area (Å²) < 4.78 is 56.3. The smallest absolute Gasteiger partial charge is 0.214 e. The SMILES string of the molecule is Cc1nc(Br)n(-c2c(F)cccc2F)c1C(=O)c1ccc(F)cc1F. The van der Waals surface area contributed by atoms with Crippen molar-refractivity contribution >= 4 is 21.7 Å². The van der Waals surface area contributed by atoms with Crippen molar-refractivity contribution in [3.8, 4) is 5.69 Å². The Labute approximate surface area is 148 Å². The van der Waals surface area contributed by atoms with Gasteiger partial charge in [0.15, 0.2) is 4.73 Å². The van der Waals surface area contributed by atoms with Gasteiger partial charge in [0.25, 0.3) is 0 Å². The van der Waals surface area contributed by atoms with Crippen molar-refractivity contribution in [3.63, 3.8) is 0 Å². The molecule has 8 heteroatoms. The molecule has 25 heavy (non-hydrogen) atoms. The summed E-state index contributed by atoms with van der Waals surface area (Å²) in [4.78, 5) is 16.7. The summed E-state index contributed by atoms with van der Waals surface area (Å²) in [5.41, 5.74) is -1.07. The zero-order valence-corrected chi connectivity index (χ0v) is 14.2. The number of para-hydroxylation sites is 1. The summed E-state index contributed by atoms with van der Waals surface area (Å²) in [5, 5.41) is 0. The molecule has 0 aliphatic carbocycles. The molecule has 0 fully saturated rings. The lowest BCUT2D eigenvalue weighted by atomic mass is 10.1. The lowest BCUT2D eigenvalue weighted by Gasteiger charge is -2.12. The number of halogens is 5. The third-order valence-corrected chi connectivity index (χ3v) is 4.09. The minimum atomic E-state index is -1.08. The summed E-state index contributed by atoms with van der Waals surface area (Å²) in [5.74, 6) is -4.66. The van der Waals surface area contributed by atoms with Crippen LogP contribution in [0.3, 0.4) is 0 Å². The van der Waals surface area contributed by atoms with Crippen LogP contribution < -0.4 is 0 Å². The van der Waals surface area contributed by atoms with E-state index in [9.17, 15) is 22.4 Å². The minimum absolute atomic E-state index is 0.0279. The van der Waals surface area contributed by atoms with Crippen LogP contribution in [0, 0.1) is 30.2 Å². The van der Waals surface area contributed by atoms with Crippen LogP contribution in [0.1, 0.15) is 21.7 Å². The van der Waals surface area contributed by atoms with Gasteiger partial charge in [0.2, 0.25) is 5.78 Å². The Morgan fingerprint density at radius 1 is 1.04 bits per heavy atom. The van der Waals surface area contributed by atoms with Crippen LogP contribution >= 0.6 is 15.9 Å². The summed E-state index contributed by atoms with van der Waals surface area (Å²) in [6.07, 6.45) is 0. The highest BCUT2D eigenvalue weighted by molar-refractivity contribution is 9.10. The van der Waals surface area contributed by atoms with E-state index in [-0.39, 0.29) is 16.1 Å². The highest BCUT2D eigenvalue weighted by Crippen LogP contribution is 2.28. The fourth-order valence-corrected chi connectivity index (χ4v) is 3.09. The van der Waals surface area contributed by atoms with Gasteiger partial charge in [-0.3, -0.25) is 9.36 Å². The number of hydrogen-bond acceptors (Lipinski definition) is 2. The molecule has 0 unspecified atom stereocenters. The first-order chi connectivity index (χ1) is 11.8. The number of nitrogens with zero attached hydrogens (tertiary/aromatic N) is 2. The molecular formula is C17H9BrF4N2O. The fourth-order valence-electron chi connectivity index (χ4n) is 2.47. The number of ketones is 1. The quantitative estimate of drug-likeness (QED) is 0.460. The number of aromatic nitrogens is 2. The first-order valence-corrected chi connectivity index (χ1v) is 7.79. The lowest BCUT2D eigenvalue weighted by Crippen LogP contribution is -2.14. The van der Waals surface area contributed by atoms with Crippen LogP contribution in [0.5, 0.6) is 0 Å². The number of rotatable bonds is 3. The standard InChI is InChI=1S/C17H9BrF4N2O/c1-8-14(16(25)10-6-5-9(19)7-13(10)22)24(17(18)23-8)15-11(20)3-2-4-12(15)21/h2-7H,1H3. The normalized spacial score (nSPS) is 11.0. The zero-order valence-electron chi connectivity index (χ0n) is 12.7. The fraction of sp³-hybridized carbons (Fsp3) is 0.0588. The van der Waals surface area contributed by atoms with Crippen LogP contribution in [-0.4, -0.2) is 15.3 Å². The molecule has 0 saturated carbocycles. The summed E-state index contributed by atoms with van der Waals surface area (Å²) in [6.45, 7) is 1.44. The van der Waals surface area contributed by atoms with Gasteiger partial charge in [0.1, 0.15) is 34.7 Å². The lowest BCUT2D eigenvalue weighted by molar-refractivity contribution is 0.102. The van der Waals surface area contributed by atoms with Crippen molar-refractivity contribution in [3.05, 3.63) is 81.4 Å². The molecule has 1 heterocycles. The second kappa shape index (κ2) is 6.44. The Bertz CT molecular complexity index is 980. The predicted molar refractivity (Wildman–Crippen MR) is 85.7 cm³/mol. The molecule has 0 aliphatic heterocycles. The number of imidazole rings is 1. The van der Waals surface area contributed by atoms with Crippen molar-refractivity contribution in [2.45, 2.75) is 6.92 Å². The Balaban J connectivity index is 2.26. The van der Waals surface area contributed by atoms with Gasteiger partial charge in [0, 0.05) is 6.07 Å². The van der Waals surface area contributed by atoms with E-state index in [1.165, 1.54) is 13.0 Å². The van der Waals surface area contributed by atoms with Crippen molar-refractivity contribution in [2.75, 3.05) is 0 Å². The van der Waals surface area contributed by atoms with Gasteiger partial charge in [-0.15, -0.1) is 0 Å². The van der Waals surface area contributed by atoms with E-state index in [1.54, 1.807) is 0 Å². The molecule has 2 aromatic carbocycles. The van der Waals surface area contributed by atoms with Crippen molar-refractivity contribution in [2.24, 2.45) is 0 Å². The minimum Gasteiger partial charge on any atom is -0.287 e. The topological polar surface area (TPSA) is 34.9 Å². The van der Waals surface area contributed by atoms with Crippen molar-refractivity contribution < 1.29 is 22.4 Å². The first kappa shape index (κ1) is 17.3. The molecule has 3 aromatic rings. The number of benzene rings is 2. The monoisotopic (exact) mass is 412 g/mol. The molecule has 0 N–H and O–H groups in total.